The summed E-state index contributed by atoms with van der Waals surface area (Å²) in [5.74, 6) is -0.0278. The zero-order valence-corrected chi connectivity index (χ0v) is 8.26. The molecule has 72 valence electrons. The summed E-state index contributed by atoms with van der Waals surface area (Å²) in [6.07, 6.45) is -0.637. The van der Waals surface area contributed by atoms with Crippen LogP contribution >= 0.6 is 0 Å². The Balaban J connectivity index is 4.25. The Bertz CT molecular complexity index is 158. The normalized spacial score (nSPS) is 17.1. The number of rotatable bonds is 3. The van der Waals surface area contributed by atoms with Crippen molar-refractivity contribution in [3.05, 3.63) is 12.3 Å². The Morgan fingerprint density at radius 2 is 1.83 bits per heavy atom. The van der Waals surface area contributed by atoms with Gasteiger partial charge in [0, 0.05) is 5.54 Å². The molecule has 3 nitrogen and oxygen atoms in total. The first kappa shape index (κ1) is 11.5. The van der Waals surface area contributed by atoms with Crippen LogP contribution in [0.4, 0.5) is 0 Å². The van der Waals surface area contributed by atoms with Crippen LogP contribution in [0.5, 0.6) is 0 Å². The summed E-state index contributed by atoms with van der Waals surface area (Å²) in [7, 11) is 0. The second-order valence-corrected chi connectivity index (χ2v) is 4.10. The van der Waals surface area contributed by atoms with E-state index in [4.69, 9.17) is 5.11 Å². The highest BCUT2D eigenvalue weighted by Crippen LogP contribution is 2.08. The number of hydrogen-bond acceptors (Lipinski definition) is 3. The van der Waals surface area contributed by atoms with E-state index in [1.807, 2.05) is 20.8 Å². The molecule has 0 radical (unpaired) electrons. The number of hydrogen-bond donors (Lipinski definition) is 3. The summed E-state index contributed by atoms with van der Waals surface area (Å²) in [6, 6.07) is -0.454. The van der Waals surface area contributed by atoms with E-state index >= 15 is 0 Å². The number of aliphatic hydroxyl groups is 2. The summed E-state index contributed by atoms with van der Waals surface area (Å²) in [5.41, 5.74) is -0.146. The van der Waals surface area contributed by atoms with E-state index in [0.717, 1.165) is 0 Å². The molecule has 2 atom stereocenters. The van der Waals surface area contributed by atoms with Gasteiger partial charge < -0.3 is 15.5 Å². The van der Waals surface area contributed by atoms with Crippen LogP contribution in [0.15, 0.2) is 12.3 Å². The van der Waals surface area contributed by atoms with Crippen LogP contribution in [0.25, 0.3) is 0 Å². The third-order valence-electron chi connectivity index (χ3n) is 1.43. The lowest BCUT2D eigenvalue weighted by Crippen LogP contribution is -2.49. The molecule has 0 aliphatic carbocycles. The third-order valence-corrected chi connectivity index (χ3v) is 1.43. The Kier molecular flexibility index (Phi) is 3.74. The van der Waals surface area contributed by atoms with Gasteiger partial charge in [-0.2, -0.15) is 0 Å². The molecule has 12 heavy (non-hydrogen) atoms. The lowest BCUT2D eigenvalue weighted by atomic mass is 10.0. The van der Waals surface area contributed by atoms with Gasteiger partial charge in [0.25, 0.3) is 0 Å². The summed E-state index contributed by atoms with van der Waals surface area (Å²) >= 11 is 0. The van der Waals surface area contributed by atoms with Gasteiger partial charge in [-0.15, -0.1) is 0 Å². The highest BCUT2D eigenvalue weighted by atomic mass is 16.3. The van der Waals surface area contributed by atoms with Gasteiger partial charge in [0.1, 0.15) is 5.76 Å². The topological polar surface area (TPSA) is 52.5 Å². The fourth-order valence-electron chi connectivity index (χ4n) is 0.949. The van der Waals surface area contributed by atoms with Crippen LogP contribution < -0.4 is 5.32 Å². The van der Waals surface area contributed by atoms with Crippen molar-refractivity contribution in [1.29, 1.82) is 0 Å². The second kappa shape index (κ2) is 3.92. The van der Waals surface area contributed by atoms with Crippen molar-refractivity contribution >= 4 is 0 Å². The third kappa shape index (κ3) is 4.36. The molecule has 0 amide bonds. The molecule has 0 aromatic heterocycles. The first-order valence-corrected chi connectivity index (χ1v) is 4.07. The van der Waals surface area contributed by atoms with Crippen molar-refractivity contribution in [1.82, 2.24) is 5.32 Å². The molecule has 0 bridgehead atoms. The summed E-state index contributed by atoms with van der Waals surface area (Å²) in [6.45, 7) is 10.9. The largest absolute Gasteiger partial charge is 0.511 e. The molecule has 0 aliphatic heterocycles. The zero-order valence-electron chi connectivity index (χ0n) is 8.26. The van der Waals surface area contributed by atoms with Gasteiger partial charge >= 0.3 is 0 Å². The summed E-state index contributed by atoms with van der Waals surface area (Å²) in [5, 5.41) is 21.4. The predicted octanol–water partition coefficient (Wildman–Crippen LogP) is 1.20. The van der Waals surface area contributed by atoms with Gasteiger partial charge in [-0.05, 0) is 27.7 Å². The fraction of sp³-hybridized carbons (Fsp3) is 0.778. The predicted molar refractivity (Wildman–Crippen MR) is 50.1 cm³/mol. The van der Waals surface area contributed by atoms with Crippen LogP contribution in [0.1, 0.15) is 27.7 Å². The van der Waals surface area contributed by atoms with Crippen molar-refractivity contribution in [3.63, 3.8) is 0 Å². The van der Waals surface area contributed by atoms with Gasteiger partial charge in [0.15, 0.2) is 0 Å². The SMILES string of the molecule is C=C(O)[C@H](NC(C)(C)C)[C@H](C)O. The molecule has 3 heteroatoms. The molecular formula is C9H19NO2. The Hall–Kier alpha value is -0.540. The lowest BCUT2D eigenvalue weighted by molar-refractivity contribution is 0.121. The van der Waals surface area contributed by atoms with Crippen molar-refractivity contribution in [2.24, 2.45) is 0 Å². The average Bonchev–Trinajstić information content (AvgIpc) is 1.79. The Morgan fingerprint density at radius 1 is 1.42 bits per heavy atom. The Labute approximate surface area is 74.1 Å². The highest BCUT2D eigenvalue weighted by molar-refractivity contribution is 5.00. The lowest BCUT2D eigenvalue weighted by Gasteiger charge is -2.29. The van der Waals surface area contributed by atoms with E-state index in [2.05, 4.69) is 11.9 Å². The molecule has 0 heterocycles. The van der Waals surface area contributed by atoms with Crippen LogP contribution in [0.3, 0.4) is 0 Å². The molecule has 0 aromatic rings. The minimum absolute atomic E-state index is 0.0278. The van der Waals surface area contributed by atoms with Crippen LogP contribution in [-0.2, 0) is 0 Å². The monoisotopic (exact) mass is 173 g/mol. The van der Waals surface area contributed by atoms with Crippen molar-refractivity contribution < 1.29 is 10.2 Å². The summed E-state index contributed by atoms with van der Waals surface area (Å²) in [4.78, 5) is 0. The molecule has 0 saturated heterocycles. The smallest absolute Gasteiger partial charge is 0.105 e. The van der Waals surface area contributed by atoms with E-state index in [9.17, 15) is 5.11 Å². The second-order valence-electron chi connectivity index (χ2n) is 4.10. The molecule has 0 rings (SSSR count). The van der Waals surface area contributed by atoms with Crippen molar-refractivity contribution in [3.8, 4) is 0 Å². The quantitative estimate of drug-likeness (QED) is 0.562. The maximum atomic E-state index is 9.26. The molecule has 0 aliphatic rings. The molecule has 0 unspecified atom stereocenters. The van der Waals surface area contributed by atoms with E-state index in [0.29, 0.717) is 0 Å². The minimum atomic E-state index is -0.637. The zero-order chi connectivity index (χ0) is 9.94. The van der Waals surface area contributed by atoms with E-state index in [1.165, 1.54) is 0 Å². The van der Waals surface area contributed by atoms with Crippen LogP contribution in [0.2, 0.25) is 0 Å². The molecule has 3 N–H and O–H groups in total. The standard InChI is InChI=1S/C9H19NO2/c1-6(11)8(7(2)12)10-9(3,4)5/h7-8,10-12H,1H2,2-5H3/t7-,8-/m0/s1. The first-order chi connectivity index (χ1) is 5.24. The van der Waals surface area contributed by atoms with E-state index in [-0.39, 0.29) is 11.3 Å². The van der Waals surface area contributed by atoms with Gasteiger partial charge in [-0.3, -0.25) is 0 Å². The summed E-state index contributed by atoms with van der Waals surface area (Å²) < 4.78 is 0. The minimum Gasteiger partial charge on any atom is -0.511 e. The molecule has 0 fully saturated rings. The molecule has 0 aromatic carbocycles. The first-order valence-electron chi connectivity index (χ1n) is 4.07. The van der Waals surface area contributed by atoms with Gasteiger partial charge in [0.05, 0.1) is 12.1 Å². The maximum absolute atomic E-state index is 9.26. The van der Waals surface area contributed by atoms with Crippen LogP contribution in [0, 0.1) is 0 Å². The fourth-order valence-corrected chi connectivity index (χ4v) is 0.949. The Morgan fingerprint density at radius 3 is 1.92 bits per heavy atom. The van der Waals surface area contributed by atoms with Crippen molar-refractivity contribution in [2.75, 3.05) is 0 Å². The van der Waals surface area contributed by atoms with Crippen molar-refractivity contribution in [2.45, 2.75) is 45.4 Å². The number of nitrogens with one attached hydrogen (secondary N) is 1. The van der Waals surface area contributed by atoms with E-state index < -0.39 is 12.1 Å². The van der Waals surface area contributed by atoms with Gasteiger partial charge in [-0.1, -0.05) is 6.58 Å². The average molecular weight is 173 g/mol. The molecule has 0 spiro atoms. The molecular weight excluding hydrogens is 154 g/mol. The maximum Gasteiger partial charge on any atom is 0.105 e. The van der Waals surface area contributed by atoms with E-state index in [1.54, 1.807) is 6.92 Å². The molecule has 0 saturated carbocycles. The van der Waals surface area contributed by atoms with Gasteiger partial charge in [0.2, 0.25) is 0 Å². The highest BCUT2D eigenvalue weighted by Gasteiger charge is 2.23. The number of aliphatic hydroxyl groups excluding tert-OH is 2. The van der Waals surface area contributed by atoms with Gasteiger partial charge in [-0.25, -0.2) is 0 Å². The van der Waals surface area contributed by atoms with Crippen LogP contribution in [-0.4, -0.2) is 27.9 Å².